The van der Waals surface area contributed by atoms with Crippen molar-refractivity contribution >= 4 is 19.8 Å². The van der Waals surface area contributed by atoms with Crippen LogP contribution in [0.1, 0.15) is 155 Å². The van der Waals surface area contributed by atoms with Gasteiger partial charge in [-0.2, -0.15) is 0 Å². The van der Waals surface area contributed by atoms with Gasteiger partial charge in [0.25, 0.3) is 0 Å². The summed E-state index contributed by atoms with van der Waals surface area (Å²) in [7, 11) is -5.12. The van der Waals surface area contributed by atoms with E-state index in [9.17, 15) is 44.6 Å². The van der Waals surface area contributed by atoms with Gasteiger partial charge in [-0.25, -0.2) is 4.57 Å². The molecule has 0 heterocycles. The summed E-state index contributed by atoms with van der Waals surface area (Å²) >= 11 is 0. The van der Waals surface area contributed by atoms with Gasteiger partial charge in [-0.05, 0) is 44.9 Å². The minimum atomic E-state index is -5.12. The van der Waals surface area contributed by atoms with E-state index >= 15 is 0 Å². The van der Waals surface area contributed by atoms with Gasteiger partial charge in [0.2, 0.25) is 0 Å². The molecular weight excluding hydrogens is 779 g/mol. The number of unbranched alkanes of at least 4 members (excludes halogenated alkanes) is 18. The van der Waals surface area contributed by atoms with Crippen LogP contribution in [0.25, 0.3) is 0 Å². The molecule has 13 nitrogen and oxygen atoms in total. The van der Waals surface area contributed by atoms with Crippen molar-refractivity contribution in [2.24, 2.45) is 0 Å². The van der Waals surface area contributed by atoms with Gasteiger partial charge in [-0.3, -0.25) is 18.6 Å². The first-order valence-electron chi connectivity index (χ1n) is 22.1. The fourth-order valence-corrected chi connectivity index (χ4v) is 7.49. The number of rotatable bonds is 36. The summed E-state index contributed by atoms with van der Waals surface area (Å²) in [6.07, 6.45) is 27.4. The first kappa shape index (κ1) is 54.6. The Morgan fingerprint density at radius 1 is 0.576 bits per heavy atom. The van der Waals surface area contributed by atoms with Crippen molar-refractivity contribution in [3.05, 3.63) is 61.3 Å². The quantitative estimate of drug-likeness (QED) is 0.0116. The van der Waals surface area contributed by atoms with E-state index in [4.69, 9.17) is 18.5 Å². The molecule has 8 atom stereocenters. The smallest absolute Gasteiger partial charge is 0.462 e. The summed E-state index contributed by atoms with van der Waals surface area (Å²) in [6.45, 7) is 4.65. The molecule has 0 amide bonds. The molecule has 1 rings (SSSR count). The molecule has 59 heavy (non-hydrogen) atoms. The maximum Gasteiger partial charge on any atom is 0.472 e. The van der Waals surface area contributed by atoms with E-state index in [-0.39, 0.29) is 12.8 Å². The molecule has 0 radical (unpaired) electrons. The van der Waals surface area contributed by atoms with Crippen LogP contribution in [-0.2, 0) is 32.7 Å². The topological polar surface area (TPSA) is 210 Å². The Morgan fingerprint density at radius 2 is 1.00 bits per heavy atom. The van der Waals surface area contributed by atoms with E-state index < -0.39 is 75.7 Å². The van der Waals surface area contributed by atoms with Gasteiger partial charge >= 0.3 is 19.8 Å². The van der Waals surface area contributed by atoms with Crippen LogP contribution in [0, 0.1) is 0 Å². The average Bonchev–Trinajstić information content (AvgIpc) is 3.21. The normalized spacial score (nSPS) is 22.7. The molecule has 0 aromatic rings. The number of phosphoric ester groups is 1. The van der Waals surface area contributed by atoms with Crippen LogP contribution >= 0.6 is 7.82 Å². The molecule has 1 aliphatic carbocycles. The zero-order chi connectivity index (χ0) is 43.6. The van der Waals surface area contributed by atoms with E-state index in [1.807, 2.05) is 42.5 Å². The summed E-state index contributed by atoms with van der Waals surface area (Å²) in [6, 6.07) is 0. The number of ether oxygens (including phenoxy) is 2. The second-order valence-corrected chi connectivity index (χ2v) is 16.8. The third-order valence-corrected chi connectivity index (χ3v) is 11.1. The Hall–Kier alpha value is -2.45. The lowest BCUT2D eigenvalue weighted by Crippen LogP contribution is -2.64. The number of aliphatic hydroxyl groups excluding tert-OH is 5. The van der Waals surface area contributed by atoms with Gasteiger partial charge in [0.15, 0.2) is 6.10 Å². The predicted molar refractivity (Wildman–Crippen MR) is 230 cm³/mol. The molecule has 0 saturated heterocycles. The average molecular weight is 857 g/mol. The van der Waals surface area contributed by atoms with Crippen molar-refractivity contribution in [1.29, 1.82) is 0 Å². The summed E-state index contributed by atoms with van der Waals surface area (Å²) in [4.78, 5) is 35.6. The second-order valence-electron chi connectivity index (χ2n) is 15.3. The predicted octanol–water partition coefficient (Wildman–Crippen LogP) is 8.16. The third kappa shape index (κ3) is 27.9. The highest BCUT2D eigenvalue weighted by Gasteiger charge is 2.51. The van der Waals surface area contributed by atoms with E-state index in [0.717, 1.165) is 70.6 Å². The van der Waals surface area contributed by atoms with Crippen LogP contribution in [0.3, 0.4) is 0 Å². The molecule has 340 valence electrons. The molecule has 0 aromatic heterocycles. The lowest BCUT2D eigenvalue weighted by molar-refractivity contribution is -0.220. The summed E-state index contributed by atoms with van der Waals surface area (Å²) in [5, 5.41) is 50.1. The molecule has 0 spiro atoms. The number of esters is 2. The van der Waals surface area contributed by atoms with E-state index in [2.05, 4.69) is 25.7 Å². The lowest BCUT2D eigenvalue weighted by Gasteiger charge is -2.41. The van der Waals surface area contributed by atoms with Crippen molar-refractivity contribution in [3.8, 4) is 0 Å². The number of carbonyl (C=O) groups excluding carboxylic acids is 2. The number of carbonyl (C=O) groups is 2. The van der Waals surface area contributed by atoms with Gasteiger partial charge in [0, 0.05) is 12.8 Å². The molecule has 1 fully saturated rings. The number of allylic oxidation sites excluding steroid dienone is 9. The van der Waals surface area contributed by atoms with Gasteiger partial charge in [0.05, 0.1) is 6.61 Å². The molecule has 1 aliphatic rings. The maximum absolute atomic E-state index is 12.8. The van der Waals surface area contributed by atoms with Crippen LogP contribution in [-0.4, -0.2) is 98.3 Å². The van der Waals surface area contributed by atoms with Crippen LogP contribution in [0.5, 0.6) is 0 Å². The SMILES string of the molecule is C=CCCCCCCCCCCCCCCCC(=O)O[C@H](COC(=O)CCCCCCC/C=C/C=C/C=C/C=C/CC)COP(=O)(O)OC1C(O)C(O)C(O)[C@@H](O)C1O. The molecular formula is C45H77O13P. The van der Waals surface area contributed by atoms with Gasteiger partial charge in [0.1, 0.15) is 43.2 Å². The number of phosphoric acid groups is 1. The molecule has 0 aromatic carbocycles. The lowest BCUT2D eigenvalue weighted by atomic mass is 9.85. The zero-order valence-corrected chi connectivity index (χ0v) is 36.5. The van der Waals surface area contributed by atoms with E-state index in [1.165, 1.54) is 51.4 Å². The molecule has 0 aliphatic heterocycles. The maximum atomic E-state index is 12.8. The Morgan fingerprint density at radius 3 is 1.51 bits per heavy atom. The Labute approximate surface area is 353 Å². The molecule has 14 heteroatoms. The Balaban J connectivity index is 2.49. The highest BCUT2D eigenvalue weighted by atomic mass is 31.2. The van der Waals surface area contributed by atoms with E-state index in [0.29, 0.717) is 12.8 Å². The highest BCUT2D eigenvalue weighted by Crippen LogP contribution is 2.47. The fourth-order valence-electron chi connectivity index (χ4n) is 6.51. The fraction of sp³-hybridized carbons (Fsp3) is 0.733. The van der Waals surface area contributed by atoms with Crippen molar-refractivity contribution in [2.45, 2.75) is 197 Å². The highest BCUT2D eigenvalue weighted by molar-refractivity contribution is 7.47. The van der Waals surface area contributed by atoms with Crippen LogP contribution < -0.4 is 0 Å². The van der Waals surface area contributed by atoms with Crippen molar-refractivity contribution in [3.63, 3.8) is 0 Å². The van der Waals surface area contributed by atoms with Crippen molar-refractivity contribution in [2.75, 3.05) is 13.2 Å². The minimum absolute atomic E-state index is 0.0872. The largest absolute Gasteiger partial charge is 0.472 e. The summed E-state index contributed by atoms with van der Waals surface area (Å²) in [5.41, 5.74) is 0. The van der Waals surface area contributed by atoms with Crippen molar-refractivity contribution in [1.82, 2.24) is 0 Å². The van der Waals surface area contributed by atoms with Crippen LogP contribution in [0.2, 0.25) is 0 Å². The standard InChI is InChI=1S/C45H77O13P/c1-3-5-7-9-11-13-15-17-19-21-23-25-27-29-31-33-38(46)55-35-37(36-56-59(53,54)58-45-43(51)41(49)40(48)42(50)44(45)52)57-39(47)34-32-30-28-26-24-22-20-18-16-14-12-10-8-6-4-2/h4-5,7,9,11,13,15,17,19,37,40-45,48-52H,2-3,6,8,10,12,14,16,18,20-36H2,1H3,(H,53,54)/b7-5+,11-9+,15-13+,19-17+/t37-,40?,41-,42?,43?,44?,45?/m1/s1. The minimum Gasteiger partial charge on any atom is -0.462 e. The summed E-state index contributed by atoms with van der Waals surface area (Å²) < 4.78 is 33.5. The first-order valence-corrected chi connectivity index (χ1v) is 23.6. The third-order valence-electron chi connectivity index (χ3n) is 10.1. The molecule has 0 bridgehead atoms. The Bertz CT molecular complexity index is 1250. The molecule has 6 unspecified atom stereocenters. The Kier molecular flexibility index (Phi) is 32.5. The first-order chi connectivity index (χ1) is 28.4. The number of aliphatic hydroxyl groups is 5. The molecule has 6 N–H and O–H groups in total. The molecule has 1 saturated carbocycles. The van der Waals surface area contributed by atoms with Gasteiger partial charge in [-0.15, -0.1) is 6.58 Å². The van der Waals surface area contributed by atoms with E-state index in [1.54, 1.807) is 0 Å². The van der Waals surface area contributed by atoms with Gasteiger partial charge in [-0.1, -0.05) is 151 Å². The van der Waals surface area contributed by atoms with Crippen LogP contribution in [0.4, 0.5) is 0 Å². The number of hydrogen-bond acceptors (Lipinski definition) is 12. The van der Waals surface area contributed by atoms with Crippen LogP contribution in [0.15, 0.2) is 61.3 Å². The second kappa shape index (κ2) is 35.2. The zero-order valence-electron chi connectivity index (χ0n) is 35.6. The number of hydrogen-bond donors (Lipinski definition) is 6. The monoisotopic (exact) mass is 857 g/mol. The van der Waals surface area contributed by atoms with Crippen molar-refractivity contribution < 1.29 is 63.1 Å². The summed E-state index contributed by atoms with van der Waals surface area (Å²) in [5.74, 6) is -1.13. The van der Waals surface area contributed by atoms with Gasteiger partial charge < -0.3 is 39.9 Å².